The first-order valence-corrected chi connectivity index (χ1v) is 15.5. The Hall–Kier alpha value is -1.66. The lowest BCUT2D eigenvalue weighted by molar-refractivity contribution is -0.350. The van der Waals surface area contributed by atoms with Crippen molar-refractivity contribution in [2.45, 2.75) is 138 Å². The largest absolute Gasteiger partial charge is 0.435 e. The molecule has 0 aromatic heterocycles. The monoisotopic (exact) mass is 686 g/mol. The third-order valence-corrected chi connectivity index (χ3v) is 8.69. The van der Waals surface area contributed by atoms with Gasteiger partial charge in [0.25, 0.3) is 6.47 Å². The molecule has 17 atom stereocenters. The van der Waals surface area contributed by atoms with Crippen molar-refractivity contribution in [2.75, 3.05) is 19.8 Å². The number of ether oxygens (including phenoxy) is 6. The lowest BCUT2D eigenvalue weighted by Gasteiger charge is -2.48. The molecule has 3 saturated heterocycles. The van der Waals surface area contributed by atoms with E-state index in [-0.39, 0.29) is 32.3 Å². The van der Waals surface area contributed by atoms with Crippen molar-refractivity contribution in [1.29, 1.82) is 0 Å². The molecular formula is C28H50N2O17. The Bertz CT molecular complexity index is 997. The Labute approximate surface area is 271 Å². The number of aliphatic hydroxyl groups is 9. The molecule has 274 valence electrons. The molecule has 12 N–H and O–H groups in total. The molecule has 1 amide bonds. The number of nitrogens with one attached hydrogen (secondary N) is 1. The van der Waals surface area contributed by atoms with Gasteiger partial charge in [0.2, 0.25) is 11.7 Å². The van der Waals surface area contributed by atoms with Crippen LogP contribution in [0.5, 0.6) is 0 Å². The summed E-state index contributed by atoms with van der Waals surface area (Å²) in [6.45, 7) is 2.85. The highest BCUT2D eigenvalue weighted by Crippen LogP contribution is 2.40. The van der Waals surface area contributed by atoms with Gasteiger partial charge in [-0.15, -0.1) is 0 Å². The van der Waals surface area contributed by atoms with Gasteiger partial charge in [-0.1, -0.05) is 6.92 Å². The van der Waals surface area contributed by atoms with Gasteiger partial charge in [-0.3, -0.25) is 9.59 Å². The molecular weight excluding hydrogens is 636 g/mol. The molecule has 19 heteroatoms. The summed E-state index contributed by atoms with van der Waals surface area (Å²) in [4.78, 5) is 23.4. The van der Waals surface area contributed by atoms with Crippen LogP contribution < -0.4 is 11.1 Å². The maximum atomic E-state index is 11.9. The summed E-state index contributed by atoms with van der Waals surface area (Å²) in [7, 11) is 0. The molecule has 3 aliphatic heterocycles. The molecule has 6 unspecified atom stereocenters. The molecule has 0 radical (unpaired) electrons. The minimum Gasteiger partial charge on any atom is -0.435 e. The second kappa shape index (κ2) is 17.3. The van der Waals surface area contributed by atoms with Crippen LogP contribution in [-0.4, -0.2) is 176 Å². The van der Waals surface area contributed by atoms with Crippen molar-refractivity contribution < 1.29 is 84.0 Å². The number of hydrogen-bond donors (Lipinski definition) is 11. The van der Waals surface area contributed by atoms with Gasteiger partial charge in [-0.25, -0.2) is 0 Å². The lowest BCUT2D eigenvalue weighted by Crippen LogP contribution is -2.67. The summed E-state index contributed by atoms with van der Waals surface area (Å²) in [5.74, 6) is -3.24. The highest BCUT2D eigenvalue weighted by Gasteiger charge is 2.54. The van der Waals surface area contributed by atoms with Crippen molar-refractivity contribution in [3.63, 3.8) is 0 Å². The minimum atomic E-state index is -1.91. The molecule has 0 saturated carbocycles. The molecule has 3 rings (SSSR count). The second-order valence-corrected chi connectivity index (χ2v) is 12.5. The normalized spacial score (nSPS) is 43.0. The third kappa shape index (κ3) is 9.53. The Kier molecular flexibility index (Phi) is 14.7. The van der Waals surface area contributed by atoms with Gasteiger partial charge >= 0.3 is 0 Å². The predicted molar refractivity (Wildman–Crippen MR) is 153 cm³/mol. The fourth-order valence-electron chi connectivity index (χ4n) is 6.02. The molecule has 19 nitrogen and oxygen atoms in total. The Morgan fingerprint density at radius 1 is 1.04 bits per heavy atom. The van der Waals surface area contributed by atoms with E-state index in [2.05, 4.69) is 5.32 Å². The summed E-state index contributed by atoms with van der Waals surface area (Å²) < 4.78 is 34.1. The van der Waals surface area contributed by atoms with Crippen molar-refractivity contribution in [1.82, 2.24) is 5.32 Å². The standard InChI is InChI=1S/C28H50N2O17/c1-11(29)9-42-26-18(30-13(3)34)21(39)25(17(8-32)45-26)46-27-23(41)22(40)20(38)16(44-27)4-5-28(43-10-33)6-14(35)12(2)24(47-28)19(37)15(36)7-31/h10-12,14-27,31-32,35-41H,4-9,29H2,1-3H3,(H,30,34)/t11?,12-,14-,15-,16?,17?,18?,19-,20+,21-,22+,23?,24?,25-,26-,27+,28-/m1/s1. The summed E-state index contributed by atoms with van der Waals surface area (Å²) in [6, 6.07) is -1.66. The van der Waals surface area contributed by atoms with Crippen LogP contribution in [0.3, 0.4) is 0 Å². The van der Waals surface area contributed by atoms with E-state index in [1.807, 2.05) is 0 Å². The van der Waals surface area contributed by atoms with Crippen LogP contribution in [0.1, 0.15) is 40.0 Å². The van der Waals surface area contributed by atoms with E-state index in [9.17, 15) is 55.5 Å². The molecule has 0 spiro atoms. The highest BCUT2D eigenvalue weighted by molar-refractivity contribution is 5.73. The van der Waals surface area contributed by atoms with E-state index in [0.717, 1.165) is 0 Å². The van der Waals surface area contributed by atoms with Crippen LogP contribution in [0.4, 0.5) is 0 Å². The molecule has 0 aromatic carbocycles. The molecule has 3 fully saturated rings. The topological polar surface area (TPSA) is 310 Å². The number of carbonyl (C=O) groups excluding carboxylic acids is 2. The zero-order valence-corrected chi connectivity index (χ0v) is 26.4. The fraction of sp³-hybridized carbons (Fsp3) is 0.929. The Balaban J connectivity index is 1.80. The average Bonchev–Trinajstić information content (AvgIpc) is 3.02. The van der Waals surface area contributed by atoms with Gasteiger partial charge in [-0.05, 0) is 13.3 Å². The van der Waals surface area contributed by atoms with Crippen molar-refractivity contribution >= 4 is 12.4 Å². The van der Waals surface area contributed by atoms with E-state index in [1.54, 1.807) is 6.92 Å². The van der Waals surface area contributed by atoms with E-state index in [0.29, 0.717) is 0 Å². The summed E-state index contributed by atoms with van der Waals surface area (Å²) in [6.07, 6.45) is -20.9. The fourth-order valence-corrected chi connectivity index (χ4v) is 6.02. The number of rotatable bonds is 15. The van der Waals surface area contributed by atoms with Gasteiger partial charge in [0.1, 0.15) is 54.9 Å². The quantitative estimate of drug-likeness (QED) is 0.0715. The van der Waals surface area contributed by atoms with Crippen molar-refractivity contribution in [2.24, 2.45) is 11.7 Å². The second-order valence-electron chi connectivity index (χ2n) is 12.5. The Morgan fingerprint density at radius 3 is 2.28 bits per heavy atom. The first-order valence-electron chi connectivity index (χ1n) is 15.5. The van der Waals surface area contributed by atoms with Gasteiger partial charge in [0, 0.05) is 31.7 Å². The van der Waals surface area contributed by atoms with Crippen molar-refractivity contribution in [3.8, 4) is 0 Å². The summed E-state index contributed by atoms with van der Waals surface area (Å²) >= 11 is 0. The van der Waals surface area contributed by atoms with E-state index in [4.69, 9.17) is 34.2 Å². The molecule has 0 aliphatic carbocycles. The maximum Gasteiger partial charge on any atom is 0.295 e. The van der Waals surface area contributed by atoms with Gasteiger partial charge in [-0.2, -0.15) is 0 Å². The zero-order valence-electron chi connectivity index (χ0n) is 26.4. The number of hydrogen-bond acceptors (Lipinski definition) is 18. The van der Waals surface area contributed by atoms with Gasteiger partial charge in [0.15, 0.2) is 12.6 Å². The van der Waals surface area contributed by atoms with Crippen LogP contribution in [0.15, 0.2) is 0 Å². The number of amides is 1. The molecule has 0 aromatic rings. The molecule has 3 aliphatic rings. The predicted octanol–water partition coefficient (Wildman–Crippen LogP) is -5.72. The Morgan fingerprint density at radius 2 is 1.70 bits per heavy atom. The number of aliphatic hydroxyl groups excluding tert-OH is 9. The smallest absolute Gasteiger partial charge is 0.295 e. The van der Waals surface area contributed by atoms with Gasteiger partial charge < -0.3 is 85.4 Å². The molecule has 47 heavy (non-hydrogen) atoms. The van der Waals surface area contributed by atoms with E-state index < -0.39 is 123 Å². The van der Waals surface area contributed by atoms with Crippen LogP contribution in [0.2, 0.25) is 0 Å². The number of carbonyl (C=O) groups is 2. The maximum absolute atomic E-state index is 11.9. The van der Waals surface area contributed by atoms with Crippen molar-refractivity contribution in [3.05, 3.63) is 0 Å². The lowest BCUT2D eigenvalue weighted by atomic mass is 9.82. The molecule has 0 bridgehead atoms. The van der Waals surface area contributed by atoms with Crippen LogP contribution in [0, 0.1) is 5.92 Å². The first-order chi connectivity index (χ1) is 22.1. The highest BCUT2D eigenvalue weighted by atomic mass is 16.7. The molecule has 3 heterocycles. The van der Waals surface area contributed by atoms with Crippen LogP contribution >= 0.6 is 0 Å². The van der Waals surface area contributed by atoms with Gasteiger partial charge in [0.05, 0.1) is 38.1 Å². The first kappa shape index (κ1) is 39.8. The third-order valence-electron chi connectivity index (χ3n) is 8.69. The summed E-state index contributed by atoms with van der Waals surface area (Å²) in [5, 5.41) is 96.5. The number of nitrogens with two attached hydrogens (primary N) is 1. The summed E-state index contributed by atoms with van der Waals surface area (Å²) in [5.41, 5.74) is 5.74. The van der Waals surface area contributed by atoms with E-state index in [1.165, 1.54) is 13.8 Å². The van der Waals surface area contributed by atoms with E-state index >= 15 is 0 Å². The van der Waals surface area contributed by atoms with Crippen LogP contribution in [0.25, 0.3) is 0 Å². The van der Waals surface area contributed by atoms with Crippen LogP contribution in [-0.2, 0) is 38.0 Å². The average molecular weight is 687 g/mol. The minimum absolute atomic E-state index is 0.0238. The SMILES string of the molecule is CC(=O)NC1[C@H](OCC(C)N)OC(CO)[C@@H](O[C@@H]2OC(CC[C@]3(OC=O)C[C@@H](O)[C@@H](C)C([C@H](O)[C@H](O)CO)O3)[C@H](O)[C@H](O)C2O)[C@@H]1O. The zero-order chi connectivity index (χ0) is 35.2.